The summed E-state index contributed by atoms with van der Waals surface area (Å²) in [6.45, 7) is 2.87. The molecule has 5 rings (SSSR count). The number of aromatic amines is 1. The molecule has 0 spiro atoms. The number of alkyl halides is 3. The van der Waals surface area contributed by atoms with Gasteiger partial charge in [0.25, 0.3) is 5.56 Å². The average Bonchev–Trinajstić information content (AvgIpc) is 2.82. The molecule has 10 heteroatoms. The van der Waals surface area contributed by atoms with E-state index in [1.807, 2.05) is 24.0 Å². The Morgan fingerprint density at radius 1 is 1.14 bits per heavy atom. The van der Waals surface area contributed by atoms with E-state index in [-0.39, 0.29) is 24.5 Å². The van der Waals surface area contributed by atoms with Crippen LogP contribution in [0.1, 0.15) is 27.9 Å². The van der Waals surface area contributed by atoms with Gasteiger partial charge in [-0.1, -0.05) is 35.4 Å². The van der Waals surface area contributed by atoms with Crippen molar-refractivity contribution in [3.8, 4) is 11.4 Å². The van der Waals surface area contributed by atoms with Crippen molar-refractivity contribution >= 4 is 22.6 Å². The molecule has 0 saturated heterocycles. The summed E-state index contributed by atoms with van der Waals surface area (Å²) in [5.74, 6) is 0.213. The Balaban J connectivity index is 1.41. The number of benzene rings is 2. The third kappa shape index (κ3) is 4.49. The predicted molar refractivity (Wildman–Crippen MR) is 125 cm³/mol. The third-order valence-electron chi connectivity index (χ3n) is 6.10. The van der Waals surface area contributed by atoms with Crippen LogP contribution in [0.15, 0.2) is 56.5 Å². The van der Waals surface area contributed by atoms with Gasteiger partial charge in [0.1, 0.15) is 11.4 Å². The Morgan fingerprint density at radius 2 is 1.89 bits per heavy atom. The maximum absolute atomic E-state index is 12.8. The standard InChI is InChI=1S/C25H19ClF3N3O3/c1-13-2-7-20-16(10-13)21(26)18(24(34)35-20)12-32-9-8-19-17(11-32)23(33)31-22(30-19)14-3-5-15(6-4-14)25(27,28)29/h2-7,10H,8-9,11-12H2,1H3,(H,30,31,33). The van der Waals surface area contributed by atoms with Crippen LogP contribution in [0.5, 0.6) is 0 Å². The zero-order valence-corrected chi connectivity index (χ0v) is 19.3. The maximum atomic E-state index is 12.8. The van der Waals surface area contributed by atoms with Crippen LogP contribution >= 0.6 is 11.6 Å². The van der Waals surface area contributed by atoms with Crippen LogP contribution in [0.4, 0.5) is 13.2 Å². The van der Waals surface area contributed by atoms with E-state index in [9.17, 15) is 22.8 Å². The highest BCUT2D eigenvalue weighted by atomic mass is 35.5. The minimum Gasteiger partial charge on any atom is -0.422 e. The largest absolute Gasteiger partial charge is 0.422 e. The topological polar surface area (TPSA) is 79.2 Å². The van der Waals surface area contributed by atoms with Crippen LogP contribution < -0.4 is 11.2 Å². The molecule has 0 atom stereocenters. The SMILES string of the molecule is Cc1ccc2oc(=O)c(CN3CCc4nc(-c5ccc(C(F)(F)F)cc5)[nH]c(=O)c4C3)c(Cl)c2c1. The van der Waals surface area contributed by atoms with E-state index in [1.165, 1.54) is 12.1 Å². The fourth-order valence-corrected chi connectivity index (χ4v) is 4.53. The smallest absolute Gasteiger partial charge is 0.416 e. The van der Waals surface area contributed by atoms with Gasteiger partial charge in [-0.3, -0.25) is 9.69 Å². The highest BCUT2D eigenvalue weighted by Crippen LogP contribution is 2.31. The van der Waals surface area contributed by atoms with Crippen LogP contribution in [0.25, 0.3) is 22.4 Å². The van der Waals surface area contributed by atoms with E-state index in [0.717, 1.165) is 17.7 Å². The molecule has 2 aromatic carbocycles. The predicted octanol–water partition coefficient (Wildman–Crippen LogP) is 5.08. The van der Waals surface area contributed by atoms with Crippen LogP contribution in [-0.4, -0.2) is 21.4 Å². The molecule has 0 radical (unpaired) electrons. The molecule has 4 aromatic rings. The number of hydrogen-bond donors (Lipinski definition) is 1. The van der Waals surface area contributed by atoms with E-state index in [0.29, 0.717) is 51.3 Å². The van der Waals surface area contributed by atoms with Gasteiger partial charge in [-0.05, 0) is 31.2 Å². The lowest BCUT2D eigenvalue weighted by molar-refractivity contribution is -0.137. The molecule has 1 N–H and O–H groups in total. The van der Waals surface area contributed by atoms with Crippen molar-refractivity contribution in [1.82, 2.24) is 14.9 Å². The molecule has 1 aliphatic heterocycles. The number of H-pyrrole nitrogens is 1. The first kappa shape index (κ1) is 23.3. The molecule has 180 valence electrons. The molecular formula is C25H19ClF3N3O3. The molecule has 0 bridgehead atoms. The second-order valence-corrected chi connectivity index (χ2v) is 8.94. The monoisotopic (exact) mass is 501 g/mol. The summed E-state index contributed by atoms with van der Waals surface area (Å²) >= 11 is 6.56. The quantitative estimate of drug-likeness (QED) is 0.396. The summed E-state index contributed by atoms with van der Waals surface area (Å²) in [7, 11) is 0. The van der Waals surface area contributed by atoms with Gasteiger partial charge in [-0.15, -0.1) is 0 Å². The highest BCUT2D eigenvalue weighted by Gasteiger charge is 2.30. The van der Waals surface area contributed by atoms with Crippen LogP contribution in [0.2, 0.25) is 5.02 Å². The average molecular weight is 502 g/mol. The highest BCUT2D eigenvalue weighted by molar-refractivity contribution is 6.36. The van der Waals surface area contributed by atoms with Gasteiger partial charge in [0.15, 0.2) is 0 Å². The van der Waals surface area contributed by atoms with Crippen LogP contribution in [0, 0.1) is 6.92 Å². The lowest BCUT2D eigenvalue weighted by Gasteiger charge is -2.27. The molecule has 0 amide bonds. The van der Waals surface area contributed by atoms with Crippen LogP contribution in [0.3, 0.4) is 0 Å². The number of fused-ring (bicyclic) bond motifs is 2. The van der Waals surface area contributed by atoms with E-state index in [1.54, 1.807) is 6.07 Å². The van der Waals surface area contributed by atoms with E-state index in [2.05, 4.69) is 9.97 Å². The van der Waals surface area contributed by atoms with Gasteiger partial charge in [-0.25, -0.2) is 9.78 Å². The first-order chi connectivity index (χ1) is 16.6. The molecule has 3 heterocycles. The summed E-state index contributed by atoms with van der Waals surface area (Å²) in [6.07, 6.45) is -4.01. The molecule has 0 fully saturated rings. The Labute approximate surface area is 202 Å². The van der Waals surface area contributed by atoms with Crippen molar-refractivity contribution in [3.63, 3.8) is 0 Å². The second kappa shape index (κ2) is 8.66. The Bertz CT molecular complexity index is 1560. The van der Waals surface area contributed by atoms with Crippen molar-refractivity contribution < 1.29 is 17.6 Å². The van der Waals surface area contributed by atoms with Gasteiger partial charge >= 0.3 is 11.8 Å². The molecule has 2 aromatic heterocycles. The first-order valence-corrected chi connectivity index (χ1v) is 11.2. The number of aryl methyl sites for hydroxylation is 1. The maximum Gasteiger partial charge on any atom is 0.416 e. The summed E-state index contributed by atoms with van der Waals surface area (Å²) in [5.41, 5.74) is 1.45. The van der Waals surface area contributed by atoms with E-state index in [4.69, 9.17) is 16.0 Å². The molecule has 0 saturated carbocycles. The zero-order chi connectivity index (χ0) is 24.9. The molecule has 1 aliphatic rings. The first-order valence-electron chi connectivity index (χ1n) is 10.8. The van der Waals surface area contributed by atoms with Crippen LogP contribution in [-0.2, 0) is 25.7 Å². The van der Waals surface area contributed by atoms with Crippen molar-refractivity contribution in [2.45, 2.75) is 32.6 Å². The minimum atomic E-state index is -4.44. The fourth-order valence-electron chi connectivity index (χ4n) is 4.25. The van der Waals surface area contributed by atoms with Gasteiger partial charge in [0.05, 0.1) is 27.4 Å². The summed E-state index contributed by atoms with van der Waals surface area (Å²) in [4.78, 5) is 34.5. The molecule has 35 heavy (non-hydrogen) atoms. The Kier molecular flexibility index (Phi) is 5.77. The Hall–Kier alpha value is -3.43. The number of nitrogens with zero attached hydrogens (tertiary/aromatic N) is 2. The lowest BCUT2D eigenvalue weighted by Crippen LogP contribution is -2.36. The number of halogens is 4. The van der Waals surface area contributed by atoms with Crippen molar-refractivity contribution in [2.24, 2.45) is 0 Å². The number of rotatable bonds is 3. The van der Waals surface area contributed by atoms with Gasteiger partial charge < -0.3 is 9.40 Å². The summed E-state index contributed by atoms with van der Waals surface area (Å²) in [6, 6.07) is 9.87. The van der Waals surface area contributed by atoms with Gasteiger partial charge in [0, 0.05) is 37.0 Å². The molecule has 0 aliphatic carbocycles. The fraction of sp³-hybridized carbons (Fsp3) is 0.240. The second-order valence-electron chi connectivity index (χ2n) is 8.56. The normalized spacial score (nSPS) is 14.3. The summed E-state index contributed by atoms with van der Waals surface area (Å²) < 4.78 is 44.0. The van der Waals surface area contributed by atoms with E-state index >= 15 is 0 Å². The lowest BCUT2D eigenvalue weighted by atomic mass is 10.0. The van der Waals surface area contributed by atoms with Gasteiger partial charge in [0.2, 0.25) is 0 Å². The molecular weight excluding hydrogens is 483 g/mol. The minimum absolute atomic E-state index is 0.199. The Morgan fingerprint density at radius 3 is 2.60 bits per heavy atom. The molecule has 0 unspecified atom stereocenters. The van der Waals surface area contributed by atoms with Gasteiger partial charge in [-0.2, -0.15) is 13.2 Å². The van der Waals surface area contributed by atoms with E-state index < -0.39 is 17.4 Å². The number of aromatic nitrogens is 2. The number of hydrogen-bond acceptors (Lipinski definition) is 5. The number of nitrogens with one attached hydrogen (secondary N) is 1. The van der Waals surface area contributed by atoms with Crippen molar-refractivity contribution in [2.75, 3.05) is 6.54 Å². The van der Waals surface area contributed by atoms with Crippen molar-refractivity contribution in [3.05, 3.63) is 96.2 Å². The third-order valence-corrected chi connectivity index (χ3v) is 6.53. The molecule has 6 nitrogen and oxygen atoms in total. The summed E-state index contributed by atoms with van der Waals surface area (Å²) in [5, 5.41) is 0.981. The van der Waals surface area contributed by atoms with Crippen molar-refractivity contribution in [1.29, 1.82) is 0 Å². The zero-order valence-electron chi connectivity index (χ0n) is 18.5.